The first kappa shape index (κ1) is 16.0. The summed E-state index contributed by atoms with van der Waals surface area (Å²) in [4.78, 5) is 14.4. The SMILES string of the molecule is Cc1nnc(CN(C)C(=O)c2ccc(-c3ccccc3)n2C)n1C. The van der Waals surface area contributed by atoms with Crippen LogP contribution < -0.4 is 0 Å². The molecule has 0 radical (unpaired) electrons. The van der Waals surface area contributed by atoms with E-state index in [1.54, 1.807) is 11.9 Å². The van der Waals surface area contributed by atoms with Gasteiger partial charge in [-0.2, -0.15) is 0 Å². The molecule has 6 heteroatoms. The Balaban J connectivity index is 1.83. The second-order valence-electron chi connectivity index (χ2n) is 5.91. The molecule has 1 amide bonds. The first-order valence-corrected chi connectivity index (χ1v) is 7.80. The van der Waals surface area contributed by atoms with Gasteiger partial charge in [-0.1, -0.05) is 30.3 Å². The van der Waals surface area contributed by atoms with E-state index in [0.29, 0.717) is 12.2 Å². The second-order valence-corrected chi connectivity index (χ2v) is 5.91. The molecule has 0 spiro atoms. The van der Waals surface area contributed by atoms with Crippen LogP contribution in [0.3, 0.4) is 0 Å². The molecule has 0 N–H and O–H groups in total. The monoisotopic (exact) mass is 323 g/mol. The van der Waals surface area contributed by atoms with E-state index in [1.807, 2.05) is 72.6 Å². The largest absolute Gasteiger partial charge is 0.340 e. The van der Waals surface area contributed by atoms with E-state index in [2.05, 4.69) is 10.2 Å². The van der Waals surface area contributed by atoms with Crippen molar-refractivity contribution in [3.63, 3.8) is 0 Å². The number of nitrogens with zero attached hydrogens (tertiary/aromatic N) is 5. The minimum absolute atomic E-state index is 0.0414. The summed E-state index contributed by atoms with van der Waals surface area (Å²) < 4.78 is 3.82. The average Bonchev–Trinajstić information content (AvgIpc) is 3.12. The molecule has 2 heterocycles. The van der Waals surface area contributed by atoms with E-state index >= 15 is 0 Å². The van der Waals surface area contributed by atoms with Crippen molar-refractivity contribution in [2.75, 3.05) is 7.05 Å². The van der Waals surface area contributed by atoms with E-state index in [1.165, 1.54) is 0 Å². The van der Waals surface area contributed by atoms with E-state index in [-0.39, 0.29) is 5.91 Å². The Morgan fingerprint density at radius 1 is 1.04 bits per heavy atom. The average molecular weight is 323 g/mol. The van der Waals surface area contributed by atoms with Gasteiger partial charge in [-0.15, -0.1) is 10.2 Å². The Bertz CT molecular complexity index is 863. The standard InChI is InChI=1S/C18H21N5O/c1-13-19-20-17(22(13)3)12-21(2)18(24)16-11-10-15(23(16)4)14-8-6-5-7-9-14/h5-11H,12H2,1-4H3. The number of amides is 1. The molecule has 6 nitrogen and oxygen atoms in total. The number of aromatic nitrogens is 4. The van der Waals surface area contributed by atoms with Gasteiger partial charge in [0, 0.05) is 26.8 Å². The van der Waals surface area contributed by atoms with Crippen molar-refractivity contribution >= 4 is 5.91 Å². The predicted molar refractivity (Wildman–Crippen MR) is 92.4 cm³/mol. The number of benzene rings is 1. The Kier molecular flexibility index (Phi) is 4.20. The predicted octanol–water partition coefficient (Wildman–Crippen LogP) is 2.40. The van der Waals surface area contributed by atoms with Gasteiger partial charge in [0.25, 0.3) is 5.91 Å². The Labute approximate surface area is 141 Å². The van der Waals surface area contributed by atoms with Crippen LogP contribution in [0.2, 0.25) is 0 Å². The molecule has 0 aliphatic carbocycles. The fourth-order valence-corrected chi connectivity index (χ4v) is 2.69. The third-order valence-corrected chi connectivity index (χ3v) is 4.32. The second kappa shape index (κ2) is 6.31. The maximum Gasteiger partial charge on any atom is 0.270 e. The van der Waals surface area contributed by atoms with Crippen LogP contribution >= 0.6 is 0 Å². The topological polar surface area (TPSA) is 56.0 Å². The van der Waals surface area contributed by atoms with E-state index < -0.39 is 0 Å². The minimum atomic E-state index is -0.0414. The lowest BCUT2D eigenvalue weighted by Gasteiger charge is -2.17. The molecule has 0 atom stereocenters. The molecule has 2 aromatic heterocycles. The molecule has 3 rings (SSSR count). The Hall–Kier alpha value is -2.89. The summed E-state index contributed by atoms with van der Waals surface area (Å²) in [7, 11) is 5.59. The number of carbonyl (C=O) groups is 1. The van der Waals surface area contributed by atoms with Crippen molar-refractivity contribution in [2.45, 2.75) is 13.5 Å². The third kappa shape index (κ3) is 2.82. The molecule has 0 saturated carbocycles. The van der Waals surface area contributed by atoms with E-state index in [0.717, 1.165) is 22.9 Å². The van der Waals surface area contributed by atoms with Gasteiger partial charge in [0.05, 0.1) is 6.54 Å². The van der Waals surface area contributed by atoms with Crippen LogP contribution in [0.5, 0.6) is 0 Å². The number of hydrogen-bond donors (Lipinski definition) is 0. The summed E-state index contributed by atoms with van der Waals surface area (Å²) in [5, 5.41) is 8.15. The normalized spacial score (nSPS) is 10.8. The van der Waals surface area contributed by atoms with Crippen LogP contribution in [0.25, 0.3) is 11.3 Å². The number of hydrogen-bond acceptors (Lipinski definition) is 3. The summed E-state index contributed by atoms with van der Waals surface area (Å²) in [5.41, 5.74) is 2.75. The summed E-state index contributed by atoms with van der Waals surface area (Å²) in [6.45, 7) is 2.31. The van der Waals surface area contributed by atoms with E-state index in [4.69, 9.17) is 0 Å². The molecule has 0 aliphatic rings. The van der Waals surface area contributed by atoms with Crippen LogP contribution in [0.4, 0.5) is 0 Å². The molecular formula is C18H21N5O. The van der Waals surface area contributed by atoms with Crippen LogP contribution in [-0.2, 0) is 20.6 Å². The molecule has 0 aliphatic heterocycles. The van der Waals surface area contributed by atoms with Crippen LogP contribution in [-0.4, -0.2) is 37.2 Å². The number of aryl methyl sites for hydroxylation is 1. The van der Waals surface area contributed by atoms with Gasteiger partial charge in [-0.3, -0.25) is 4.79 Å². The van der Waals surface area contributed by atoms with Crippen LogP contribution in [0.15, 0.2) is 42.5 Å². The molecule has 0 unspecified atom stereocenters. The van der Waals surface area contributed by atoms with Crippen molar-refractivity contribution in [1.29, 1.82) is 0 Å². The molecule has 1 aromatic carbocycles. The summed E-state index contributed by atoms with van der Waals surface area (Å²) in [6.07, 6.45) is 0. The summed E-state index contributed by atoms with van der Waals surface area (Å²) in [5.74, 6) is 1.55. The lowest BCUT2D eigenvalue weighted by Crippen LogP contribution is -2.29. The van der Waals surface area contributed by atoms with Gasteiger partial charge in [0.1, 0.15) is 11.5 Å². The quantitative estimate of drug-likeness (QED) is 0.741. The smallest absolute Gasteiger partial charge is 0.270 e. The molecule has 0 saturated heterocycles. The van der Waals surface area contributed by atoms with Crippen molar-refractivity contribution in [2.24, 2.45) is 14.1 Å². The molecule has 24 heavy (non-hydrogen) atoms. The highest BCUT2D eigenvalue weighted by molar-refractivity contribution is 5.93. The molecule has 0 bridgehead atoms. The molecule has 124 valence electrons. The lowest BCUT2D eigenvalue weighted by atomic mass is 10.2. The summed E-state index contributed by atoms with van der Waals surface area (Å²) in [6, 6.07) is 13.9. The third-order valence-electron chi connectivity index (χ3n) is 4.32. The van der Waals surface area contributed by atoms with E-state index in [9.17, 15) is 4.79 Å². The molecule has 0 fully saturated rings. The van der Waals surface area contributed by atoms with Crippen molar-refractivity contribution in [3.8, 4) is 11.3 Å². The zero-order valence-corrected chi connectivity index (χ0v) is 14.4. The minimum Gasteiger partial charge on any atom is -0.340 e. The van der Waals surface area contributed by atoms with Gasteiger partial charge >= 0.3 is 0 Å². The van der Waals surface area contributed by atoms with Crippen LogP contribution in [0, 0.1) is 6.92 Å². The fraction of sp³-hybridized carbons (Fsp3) is 0.278. The first-order valence-electron chi connectivity index (χ1n) is 7.80. The first-order chi connectivity index (χ1) is 11.5. The Morgan fingerprint density at radius 2 is 1.75 bits per heavy atom. The van der Waals surface area contributed by atoms with Gasteiger partial charge in [-0.05, 0) is 24.6 Å². The maximum atomic E-state index is 12.8. The highest BCUT2D eigenvalue weighted by atomic mass is 16.2. The summed E-state index contributed by atoms with van der Waals surface area (Å²) >= 11 is 0. The highest BCUT2D eigenvalue weighted by Crippen LogP contribution is 2.22. The van der Waals surface area contributed by atoms with Gasteiger partial charge < -0.3 is 14.0 Å². The zero-order valence-electron chi connectivity index (χ0n) is 14.4. The van der Waals surface area contributed by atoms with Gasteiger partial charge in [-0.25, -0.2) is 0 Å². The molecule has 3 aromatic rings. The van der Waals surface area contributed by atoms with Crippen molar-refractivity contribution < 1.29 is 4.79 Å². The van der Waals surface area contributed by atoms with Crippen LogP contribution in [0.1, 0.15) is 22.1 Å². The Morgan fingerprint density at radius 3 is 2.38 bits per heavy atom. The van der Waals surface area contributed by atoms with Crippen molar-refractivity contribution in [1.82, 2.24) is 24.2 Å². The number of carbonyl (C=O) groups excluding carboxylic acids is 1. The fourth-order valence-electron chi connectivity index (χ4n) is 2.69. The number of rotatable bonds is 4. The zero-order chi connectivity index (χ0) is 17.3. The lowest BCUT2D eigenvalue weighted by molar-refractivity contribution is 0.0771. The van der Waals surface area contributed by atoms with Crippen molar-refractivity contribution in [3.05, 3.63) is 59.8 Å². The van der Waals surface area contributed by atoms with Gasteiger partial charge in [0.2, 0.25) is 0 Å². The molecular weight excluding hydrogens is 302 g/mol. The highest BCUT2D eigenvalue weighted by Gasteiger charge is 2.19. The maximum absolute atomic E-state index is 12.8. The van der Waals surface area contributed by atoms with Gasteiger partial charge in [0.15, 0.2) is 5.82 Å².